The first-order chi connectivity index (χ1) is 8.20. The maximum Gasteiger partial charge on any atom is 0.0708 e. The summed E-state index contributed by atoms with van der Waals surface area (Å²) in [6, 6.07) is 6.69. The summed E-state index contributed by atoms with van der Waals surface area (Å²) in [6.07, 6.45) is 2.34. The number of hydrogen-bond donors (Lipinski definition) is 1. The van der Waals surface area contributed by atoms with Crippen LogP contribution in [0.15, 0.2) is 18.2 Å². The summed E-state index contributed by atoms with van der Waals surface area (Å²) in [7, 11) is 0. The van der Waals surface area contributed by atoms with Gasteiger partial charge in [-0.2, -0.15) is 0 Å². The van der Waals surface area contributed by atoms with Crippen molar-refractivity contribution in [1.29, 1.82) is 0 Å². The summed E-state index contributed by atoms with van der Waals surface area (Å²) in [5.74, 6) is 5.76. The Morgan fingerprint density at radius 3 is 2.59 bits per heavy atom. The van der Waals surface area contributed by atoms with Crippen LogP contribution in [-0.2, 0) is 4.84 Å². The number of aryl methyl sites for hydroxylation is 2. The van der Waals surface area contributed by atoms with E-state index in [1.807, 2.05) is 0 Å². The lowest BCUT2D eigenvalue weighted by Crippen LogP contribution is -2.35. The summed E-state index contributed by atoms with van der Waals surface area (Å²) in [6.45, 7) is 7.25. The summed E-state index contributed by atoms with van der Waals surface area (Å²) < 4.78 is 0. The molecule has 0 unspecified atom stereocenters. The fraction of sp³-hybridized carbons (Fsp3) is 0.571. The number of benzene rings is 1. The first kappa shape index (κ1) is 12.4. The highest BCUT2D eigenvalue weighted by Crippen LogP contribution is 2.26. The smallest absolute Gasteiger partial charge is 0.0708 e. The molecule has 94 valence electrons. The first-order valence-electron chi connectivity index (χ1n) is 6.34. The molecule has 3 heteroatoms. The minimum absolute atomic E-state index is 0.627. The molecule has 17 heavy (non-hydrogen) atoms. The Kier molecular flexibility index (Phi) is 4.02. The predicted octanol–water partition coefficient (Wildman–Crippen LogP) is 2.41. The van der Waals surface area contributed by atoms with E-state index in [9.17, 15) is 0 Å². The third-order valence-corrected chi connectivity index (χ3v) is 3.64. The molecule has 0 radical (unpaired) electrons. The lowest BCUT2D eigenvalue weighted by atomic mass is 9.96. The summed E-state index contributed by atoms with van der Waals surface area (Å²) in [5, 5.41) is 0. The van der Waals surface area contributed by atoms with Crippen molar-refractivity contribution < 1.29 is 4.84 Å². The third kappa shape index (κ3) is 2.99. The SMILES string of the molecule is Cc1ccc(N2CCC(CON)CC2)c(C)c1. The highest BCUT2D eigenvalue weighted by molar-refractivity contribution is 5.54. The van der Waals surface area contributed by atoms with Gasteiger partial charge in [-0.3, -0.25) is 0 Å². The zero-order valence-electron chi connectivity index (χ0n) is 10.8. The second kappa shape index (κ2) is 5.52. The Morgan fingerprint density at radius 2 is 2.00 bits per heavy atom. The molecule has 1 aliphatic heterocycles. The number of nitrogens with two attached hydrogens (primary N) is 1. The van der Waals surface area contributed by atoms with Gasteiger partial charge in [-0.15, -0.1) is 0 Å². The molecule has 3 nitrogen and oxygen atoms in total. The maximum atomic E-state index is 5.13. The van der Waals surface area contributed by atoms with E-state index < -0.39 is 0 Å². The number of anilines is 1. The van der Waals surface area contributed by atoms with Crippen molar-refractivity contribution in [2.75, 3.05) is 24.6 Å². The van der Waals surface area contributed by atoms with Gasteiger partial charge in [-0.25, -0.2) is 5.90 Å². The zero-order chi connectivity index (χ0) is 12.3. The van der Waals surface area contributed by atoms with Crippen LogP contribution in [0.2, 0.25) is 0 Å². The van der Waals surface area contributed by atoms with Gasteiger partial charge >= 0.3 is 0 Å². The van der Waals surface area contributed by atoms with Crippen molar-refractivity contribution in [2.24, 2.45) is 11.8 Å². The monoisotopic (exact) mass is 234 g/mol. The highest BCUT2D eigenvalue weighted by atomic mass is 16.6. The highest BCUT2D eigenvalue weighted by Gasteiger charge is 2.20. The molecule has 2 rings (SSSR count). The summed E-state index contributed by atoms with van der Waals surface area (Å²) in [4.78, 5) is 7.22. The fourth-order valence-corrected chi connectivity index (χ4v) is 2.64. The summed E-state index contributed by atoms with van der Waals surface area (Å²) >= 11 is 0. The van der Waals surface area contributed by atoms with Gasteiger partial charge in [-0.1, -0.05) is 17.7 Å². The molecule has 0 spiro atoms. The van der Waals surface area contributed by atoms with Gasteiger partial charge in [0.05, 0.1) is 6.61 Å². The largest absolute Gasteiger partial charge is 0.371 e. The lowest BCUT2D eigenvalue weighted by molar-refractivity contribution is 0.0918. The molecular formula is C14H22N2O. The first-order valence-corrected chi connectivity index (χ1v) is 6.34. The molecule has 0 aliphatic carbocycles. The van der Waals surface area contributed by atoms with Crippen LogP contribution >= 0.6 is 0 Å². The molecule has 1 aromatic rings. The second-order valence-corrected chi connectivity index (χ2v) is 5.05. The van der Waals surface area contributed by atoms with E-state index in [-0.39, 0.29) is 0 Å². The number of piperidine rings is 1. The van der Waals surface area contributed by atoms with E-state index >= 15 is 0 Å². The minimum atomic E-state index is 0.627. The Labute approximate surface area is 104 Å². The van der Waals surface area contributed by atoms with E-state index in [2.05, 4.69) is 36.9 Å². The molecule has 0 bridgehead atoms. The Morgan fingerprint density at radius 1 is 1.29 bits per heavy atom. The van der Waals surface area contributed by atoms with Crippen LogP contribution in [0.25, 0.3) is 0 Å². The van der Waals surface area contributed by atoms with Crippen LogP contribution in [0.4, 0.5) is 5.69 Å². The van der Waals surface area contributed by atoms with Gasteiger partial charge in [0.2, 0.25) is 0 Å². The van der Waals surface area contributed by atoms with Crippen LogP contribution in [0.5, 0.6) is 0 Å². The fourth-order valence-electron chi connectivity index (χ4n) is 2.64. The van der Waals surface area contributed by atoms with Gasteiger partial charge < -0.3 is 9.74 Å². The molecule has 0 amide bonds. The van der Waals surface area contributed by atoms with Crippen LogP contribution in [0, 0.1) is 19.8 Å². The maximum absolute atomic E-state index is 5.13. The van der Waals surface area contributed by atoms with Gasteiger partial charge in [0.25, 0.3) is 0 Å². The average Bonchev–Trinajstić information content (AvgIpc) is 2.31. The normalized spacial score (nSPS) is 17.5. The van der Waals surface area contributed by atoms with Gasteiger partial charge in [0.1, 0.15) is 0 Å². The Hall–Kier alpha value is -1.06. The van der Waals surface area contributed by atoms with E-state index in [4.69, 9.17) is 10.7 Å². The Balaban J connectivity index is 2.00. The molecular weight excluding hydrogens is 212 g/mol. The number of rotatable bonds is 3. The van der Waals surface area contributed by atoms with Crippen molar-refractivity contribution >= 4 is 5.69 Å². The van der Waals surface area contributed by atoms with Crippen molar-refractivity contribution in [1.82, 2.24) is 0 Å². The standard InChI is InChI=1S/C14H22N2O/c1-11-3-4-14(12(2)9-11)16-7-5-13(6-8-16)10-17-15/h3-4,9,13H,5-8,10,15H2,1-2H3. The van der Waals surface area contributed by atoms with E-state index in [1.54, 1.807) is 0 Å². The van der Waals surface area contributed by atoms with Gasteiger partial charge in [-0.05, 0) is 44.2 Å². The topological polar surface area (TPSA) is 38.5 Å². The van der Waals surface area contributed by atoms with Crippen molar-refractivity contribution in [2.45, 2.75) is 26.7 Å². The summed E-state index contributed by atoms with van der Waals surface area (Å²) in [5.41, 5.74) is 4.08. The van der Waals surface area contributed by atoms with Crippen molar-refractivity contribution in [3.63, 3.8) is 0 Å². The van der Waals surface area contributed by atoms with Crippen molar-refractivity contribution in [3.8, 4) is 0 Å². The zero-order valence-corrected chi connectivity index (χ0v) is 10.8. The van der Waals surface area contributed by atoms with Crippen LogP contribution < -0.4 is 10.8 Å². The molecule has 1 fully saturated rings. The third-order valence-electron chi connectivity index (χ3n) is 3.64. The van der Waals surface area contributed by atoms with Crippen LogP contribution in [-0.4, -0.2) is 19.7 Å². The molecule has 1 aliphatic rings. The van der Waals surface area contributed by atoms with Gasteiger partial charge in [0, 0.05) is 18.8 Å². The quantitative estimate of drug-likeness (QED) is 0.816. The number of nitrogens with zero attached hydrogens (tertiary/aromatic N) is 1. The van der Waals surface area contributed by atoms with E-state index in [0.717, 1.165) is 13.1 Å². The van der Waals surface area contributed by atoms with Gasteiger partial charge in [0.15, 0.2) is 0 Å². The van der Waals surface area contributed by atoms with E-state index in [0.29, 0.717) is 12.5 Å². The van der Waals surface area contributed by atoms with Crippen LogP contribution in [0.3, 0.4) is 0 Å². The predicted molar refractivity (Wildman–Crippen MR) is 71.0 cm³/mol. The molecule has 0 atom stereocenters. The van der Waals surface area contributed by atoms with Crippen LogP contribution in [0.1, 0.15) is 24.0 Å². The minimum Gasteiger partial charge on any atom is -0.371 e. The molecule has 2 N–H and O–H groups in total. The molecule has 0 aromatic heterocycles. The average molecular weight is 234 g/mol. The second-order valence-electron chi connectivity index (χ2n) is 5.05. The number of hydrogen-bond acceptors (Lipinski definition) is 3. The molecule has 1 heterocycles. The van der Waals surface area contributed by atoms with E-state index in [1.165, 1.54) is 29.7 Å². The molecule has 1 aromatic carbocycles. The lowest BCUT2D eigenvalue weighted by Gasteiger charge is -2.34. The Bertz CT molecular complexity index is 370. The molecule has 0 saturated carbocycles. The van der Waals surface area contributed by atoms with Crippen molar-refractivity contribution in [3.05, 3.63) is 29.3 Å². The molecule has 1 saturated heterocycles.